The molecular weight excluding hydrogens is 300 g/mol. The number of aryl methyl sites for hydroxylation is 2. The van der Waals surface area contributed by atoms with Crippen LogP contribution in [0, 0.1) is 19.8 Å². The van der Waals surface area contributed by atoms with Gasteiger partial charge in [-0.25, -0.2) is 9.98 Å². The van der Waals surface area contributed by atoms with Gasteiger partial charge in [-0.05, 0) is 44.6 Å². The minimum absolute atomic E-state index is 0.455. The van der Waals surface area contributed by atoms with Crippen molar-refractivity contribution in [2.24, 2.45) is 10.9 Å². The first kappa shape index (κ1) is 16.6. The second kappa shape index (κ2) is 7.51. The lowest BCUT2D eigenvalue weighted by Gasteiger charge is -2.10. The van der Waals surface area contributed by atoms with Crippen LogP contribution in [0.3, 0.4) is 0 Å². The van der Waals surface area contributed by atoms with Crippen molar-refractivity contribution in [1.29, 1.82) is 0 Å². The van der Waals surface area contributed by atoms with E-state index in [9.17, 15) is 0 Å². The monoisotopic (exact) mass is 326 g/mol. The number of hydrogen-bond acceptors (Lipinski definition) is 3. The lowest BCUT2D eigenvalue weighted by molar-refractivity contribution is 0.472. The first-order valence-electron chi connectivity index (χ1n) is 8.67. The molecule has 1 aromatic heterocycles. The van der Waals surface area contributed by atoms with Crippen LogP contribution in [0.5, 0.6) is 0 Å². The highest BCUT2D eigenvalue weighted by atomic mass is 16.4. The van der Waals surface area contributed by atoms with Crippen LogP contribution >= 0.6 is 0 Å². The lowest BCUT2D eigenvalue weighted by Crippen LogP contribution is -2.38. The van der Waals surface area contributed by atoms with Crippen LogP contribution in [-0.4, -0.2) is 24.0 Å². The zero-order valence-electron chi connectivity index (χ0n) is 14.7. The summed E-state index contributed by atoms with van der Waals surface area (Å²) >= 11 is 0. The molecule has 1 aliphatic carbocycles. The number of benzene rings is 1. The maximum Gasteiger partial charge on any atom is 0.216 e. The number of aromatic nitrogens is 1. The summed E-state index contributed by atoms with van der Waals surface area (Å²) < 4.78 is 5.58. The summed E-state index contributed by atoms with van der Waals surface area (Å²) in [6, 6.07) is 10.7. The van der Waals surface area contributed by atoms with Gasteiger partial charge in [0, 0.05) is 13.1 Å². The molecule has 2 atom stereocenters. The molecule has 2 unspecified atom stereocenters. The zero-order chi connectivity index (χ0) is 16.9. The molecule has 2 N–H and O–H groups in total. The second-order valence-electron chi connectivity index (χ2n) is 6.34. The van der Waals surface area contributed by atoms with Crippen molar-refractivity contribution < 1.29 is 4.42 Å². The Kier molecular flexibility index (Phi) is 5.18. The molecule has 0 radical (unpaired) electrons. The van der Waals surface area contributed by atoms with Gasteiger partial charge in [0.15, 0.2) is 5.96 Å². The lowest BCUT2D eigenvalue weighted by atomic mass is 10.1. The molecule has 0 saturated heterocycles. The van der Waals surface area contributed by atoms with E-state index in [-0.39, 0.29) is 0 Å². The van der Waals surface area contributed by atoms with Crippen molar-refractivity contribution in [2.45, 2.75) is 39.7 Å². The first-order chi connectivity index (χ1) is 11.7. The van der Waals surface area contributed by atoms with Gasteiger partial charge in [-0.15, -0.1) is 0 Å². The Morgan fingerprint density at radius 2 is 2.04 bits per heavy atom. The van der Waals surface area contributed by atoms with E-state index in [1.165, 1.54) is 12.0 Å². The van der Waals surface area contributed by atoms with Crippen molar-refractivity contribution in [3.05, 3.63) is 53.2 Å². The van der Waals surface area contributed by atoms with Crippen LogP contribution in [0.4, 0.5) is 0 Å². The van der Waals surface area contributed by atoms with Gasteiger partial charge < -0.3 is 15.1 Å². The third-order valence-electron chi connectivity index (χ3n) is 4.47. The van der Waals surface area contributed by atoms with E-state index in [2.05, 4.69) is 57.9 Å². The Hall–Kier alpha value is -2.30. The summed E-state index contributed by atoms with van der Waals surface area (Å²) in [6.45, 7) is 8.18. The van der Waals surface area contributed by atoms with Crippen LogP contribution in [0.1, 0.15) is 42.2 Å². The fraction of sp³-hybridized carbons (Fsp3) is 0.474. The SMILES string of the molecule is CCNC(=NCc1nc(C)c(C)o1)NCC1CC1c1ccccc1. The molecule has 1 saturated carbocycles. The van der Waals surface area contributed by atoms with Crippen molar-refractivity contribution in [2.75, 3.05) is 13.1 Å². The second-order valence-corrected chi connectivity index (χ2v) is 6.34. The van der Waals surface area contributed by atoms with Crippen LogP contribution < -0.4 is 10.6 Å². The third kappa shape index (κ3) is 4.16. The summed E-state index contributed by atoms with van der Waals surface area (Å²) in [4.78, 5) is 8.95. The predicted octanol–water partition coefficient (Wildman–Crippen LogP) is 3.15. The van der Waals surface area contributed by atoms with E-state index >= 15 is 0 Å². The number of hydrogen-bond donors (Lipinski definition) is 2. The third-order valence-corrected chi connectivity index (χ3v) is 4.47. The molecular formula is C19H26N4O. The van der Waals surface area contributed by atoms with E-state index in [0.29, 0.717) is 24.3 Å². The molecule has 1 aromatic carbocycles. The average molecular weight is 326 g/mol. The highest BCUT2D eigenvalue weighted by Gasteiger charge is 2.37. The molecule has 0 bridgehead atoms. The zero-order valence-corrected chi connectivity index (χ0v) is 14.7. The van der Waals surface area contributed by atoms with E-state index < -0.39 is 0 Å². The van der Waals surface area contributed by atoms with Crippen LogP contribution in [-0.2, 0) is 6.54 Å². The van der Waals surface area contributed by atoms with Gasteiger partial charge in [-0.1, -0.05) is 30.3 Å². The summed E-state index contributed by atoms with van der Waals surface area (Å²) in [5.41, 5.74) is 2.37. The standard InChI is InChI=1S/C19H26N4O/c1-4-20-19(22-12-18-23-13(2)14(3)24-18)21-11-16-10-17(16)15-8-6-5-7-9-15/h5-9,16-17H,4,10-12H2,1-3H3,(H2,20,21,22). The van der Waals surface area contributed by atoms with Gasteiger partial charge in [0.2, 0.25) is 5.89 Å². The van der Waals surface area contributed by atoms with Crippen molar-refractivity contribution in [3.8, 4) is 0 Å². The molecule has 1 fully saturated rings. The van der Waals surface area contributed by atoms with E-state index in [0.717, 1.165) is 30.5 Å². The molecule has 5 heteroatoms. The highest BCUT2D eigenvalue weighted by molar-refractivity contribution is 5.79. The Morgan fingerprint density at radius 1 is 1.25 bits per heavy atom. The Morgan fingerprint density at radius 3 is 2.71 bits per heavy atom. The predicted molar refractivity (Wildman–Crippen MR) is 96.1 cm³/mol. The summed E-state index contributed by atoms with van der Waals surface area (Å²) in [7, 11) is 0. The quantitative estimate of drug-likeness (QED) is 0.632. The van der Waals surface area contributed by atoms with E-state index in [1.54, 1.807) is 0 Å². The molecule has 3 rings (SSSR count). The average Bonchev–Trinajstić information content (AvgIpc) is 3.30. The van der Waals surface area contributed by atoms with Crippen LogP contribution in [0.25, 0.3) is 0 Å². The van der Waals surface area contributed by atoms with Gasteiger partial charge in [0.25, 0.3) is 0 Å². The van der Waals surface area contributed by atoms with Gasteiger partial charge in [0.05, 0.1) is 5.69 Å². The summed E-state index contributed by atoms with van der Waals surface area (Å²) in [5.74, 6) is 3.71. The molecule has 0 aliphatic heterocycles. The molecule has 1 heterocycles. The maximum absolute atomic E-state index is 5.58. The molecule has 128 valence electrons. The first-order valence-corrected chi connectivity index (χ1v) is 8.67. The topological polar surface area (TPSA) is 62.5 Å². The van der Waals surface area contributed by atoms with Gasteiger partial charge in [-0.2, -0.15) is 0 Å². The number of rotatable bonds is 6. The normalized spacial score (nSPS) is 20.0. The Labute approximate surface area is 143 Å². The molecule has 0 amide bonds. The summed E-state index contributed by atoms with van der Waals surface area (Å²) in [6.07, 6.45) is 1.24. The molecule has 24 heavy (non-hydrogen) atoms. The van der Waals surface area contributed by atoms with Crippen molar-refractivity contribution in [1.82, 2.24) is 15.6 Å². The molecule has 2 aromatic rings. The summed E-state index contributed by atoms with van der Waals surface area (Å²) in [5, 5.41) is 6.72. The molecule has 0 spiro atoms. The number of guanidine groups is 1. The minimum atomic E-state index is 0.455. The van der Waals surface area contributed by atoms with Crippen LogP contribution in [0.15, 0.2) is 39.7 Å². The van der Waals surface area contributed by atoms with Crippen LogP contribution in [0.2, 0.25) is 0 Å². The smallest absolute Gasteiger partial charge is 0.216 e. The highest BCUT2D eigenvalue weighted by Crippen LogP contribution is 2.46. The van der Waals surface area contributed by atoms with Crippen molar-refractivity contribution >= 4 is 5.96 Å². The molecule has 1 aliphatic rings. The number of nitrogens with one attached hydrogen (secondary N) is 2. The Balaban J connectivity index is 1.52. The van der Waals surface area contributed by atoms with Gasteiger partial charge in [-0.3, -0.25) is 0 Å². The van der Waals surface area contributed by atoms with E-state index in [1.807, 2.05) is 13.8 Å². The fourth-order valence-corrected chi connectivity index (χ4v) is 2.90. The Bertz CT molecular complexity index is 673. The number of nitrogens with zero attached hydrogens (tertiary/aromatic N) is 2. The van der Waals surface area contributed by atoms with E-state index in [4.69, 9.17) is 4.42 Å². The number of oxazole rings is 1. The molecule has 5 nitrogen and oxygen atoms in total. The maximum atomic E-state index is 5.58. The van der Waals surface area contributed by atoms with Gasteiger partial charge in [0.1, 0.15) is 12.3 Å². The number of aliphatic imine (C=N–C) groups is 1. The van der Waals surface area contributed by atoms with Gasteiger partial charge >= 0.3 is 0 Å². The largest absolute Gasteiger partial charge is 0.444 e. The fourth-order valence-electron chi connectivity index (χ4n) is 2.90. The minimum Gasteiger partial charge on any atom is -0.444 e. The van der Waals surface area contributed by atoms with Crippen molar-refractivity contribution in [3.63, 3.8) is 0 Å².